The maximum atomic E-state index is 10.6. The molecule has 1 unspecified atom stereocenters. The Morgan fingerprint density at radius 1 is 1.26 bits per heavy atom. The minimum Gasteiger partial charge on any atom is -0.497 e. The number of ether oxygens (including phenoxy) is 1. The van der Waals surface area contributed by atoms with Crippen molar-refractivity contribution in [1.29, 1.82) is 0 Å². The summed E-state index contributed by atoms with van der Waals surface area (Å²) in [6, 6.07) is 11.5. The van der Waals surface area contributed by atoms with E-state index in [1.165, 1.54) is 0 Å². The summed E-state index contributed by atoms with van der Waals surface area (Å²) in [5.74, 6) is -0.0409. The van der Waals surface area contributed by atoms with Crippen molar-refractivity contribution in [2.45, 2.75) is 18.9 Å². The van der Waals surface area contributed by atoms with Gasteiger partial charge in [-0.1, -0.05) is 24.3 Å². The van der Waals surface area contributed by atoms with E-state index >= 15 is 0 Å². The summed E-state index contributed by atoms with van der Waals surface area (Å²) in [6.07, 6.45) is 0.551. The van der Waals surface area contributed by atoms with Crippen LogP contribution in [0.5, 0.6) is 5.75 Å². The van der Waals surface area contributed by atoms with Crippen LogP contribution >= 0.6 is 0 Å². The first kappa shape index (κ1) is 13.4. The lowest BCUT2D eigenvalue weighted by Crippen LogP contribution is -2.26. The van der Waals surface area contributed by atoms with Crippen LogP contribution in [-0.2, 0) is 11.2 Å². The first-order valence-electron chi connectivity index (χ1n) is 6.12. The normalized spacial score (nSPS) is 12.3. The maximum Gasteiger partial charge on any atom is 0.304 e. The van der Waals surface area contributed by atoms with Crippen molar-refractivity contribution in [1.82, 2.24) is 0 Å². The van der Waals surface area contributed by atoms with E-state index in [4.69, 9.17) is 15.6 Å². The molecule has 1 atom stereocenters. The number of methoxy groups -OCH3 is 1. The van der Waals surface area contributed by atoms with Crippen molar-refractivity contribution in [3.8, 4) is 5.75 Å². The number of carboxylic acid groups (broad SMARTS) is 1. The van der Waals surface area contributed by atoms with Crippen LogP contribution in [0.2, 0.25) is 0 Å². The summed E-state index contributed by atoms with van der Waals surface area (Å²) in [7, 11) is 1.64. The maximum absolute atomic E-state index is 10.6. The molecule has 100 valence electrons. The molecule has 0 amide bonds. The highest BCUT2D eigenvalue weighted by atomic mass is 16.5. The van der Waals surface area contributed by atoms with E-state index in [-0.39, 0.29) is 12.5 Å². The zero-order valence-corrected chi connectivity index (χ0v) is 10.8. The highest BCUT2D eigenvalue weighted by molar-refractivity contribution is 5.84. The van der Waals surface area contributed by atoms with Gasteiger partial charge in [-0.05, 0) is 34.9 Å². The fourth-order valence-corrected chi connectivity index (χ4v) is 2.13. The summed E-state index contributed by atoms with van der Waals surface area (Å²) in [6.45, 7) is 0. The van der Waals surface area contributed by atoms with Crippen LogP contribution in [0.15, 0.2) is 36.4 Å². The third-order valence-electron chi connectivity index (χ3n) is 3.05. The summed E-state index contributed by atoms with van der Waals surface area (Å²) >= 11 is 0. The molecule has 19 heavy (non-hydrogen) atoms. The number of rotatable bonds is 5. The van der Waals surface area contributed by atoms with Gasteiger partial charge in [-0.25, -0.2) is 0 Å². The van der Waals surface area contributed by atoms with E-state index in [9.17, 15) is 4.79 Å². The van der Waals surface area contributed by atoms with Gasteiger partial charge in [0.2, 0.25) is 0 Å². The summed E-state index contributed by atoms with van der Waals surface area (Å²) in [5, 5.41) is 10.9. The van der Waals surface area contributed by atoms with Crippen LogP contribution in [0, 0.1) is 0 Å². The van der Waals surface area contributed by atoms with Gasteiger partial charge >= 0.3 is 5.97 Å². The number of nitrogens with two attached hydrogens (primary N) is 1. The number of carboxylic acids is 1. The van der Waals surface area contributed by atoms with E-state index in [0.29, 0.717) is 6.42 Å². The largest absolute Gasteiger partial charge is 0.497 e. The molecule has 0 heterocycles. The van der Waals surface area contributed by atoms with Crippen molar-refractivity contribution in [2.24, 2.45) is 5.73 Å². The monoisotopic (exact) mass is 259 g/mol. The third-order valence-corrected chi connectivity index (χ3v) is 3.05. The topological polar surface area (TPSA) is 72.5 Å². The standard InChI is InChI=1S/C15H17NO3/c1-19-14-5-4-11-6-10(2-3-12(11)8-14)7-13(16)9-15(17)18/h2-6,8,13H,7,9,16H2,1H3,(H,17,18). The number of fused-ring (bicyclic) bond motifs is 1. The molecule has 0 aliphatic carbocycles. The molecule has 2 aromatic rings. The number of hydrogen-bond donors (Lipinski definition) is 2. The van der Waals surface area contributed by atoms with E-state index < -0.39 is 5.97 Å². The zero-order valence-electron chi connectivity index (χ0n) is 10.8. The molecule has 0 saturated carbocycles. The molecule has 0 aromatic heterocycles. The van der Waals surface area contributed by atoms with Crippen molar-refractivity contribution < 1.29 is 14.6 Å². The lowest BCUT2D eigenvalue weighted by Gasteiger charge is -2.10. The molecule has 0 spiro atoms. The Morgan fingerprint density at radius 3 is 2.63 bits per heavy atom. The second-order valence-corrected chi connectivity index (χ2v) is 4.61. The van der Waals surface area contributed by atoms with Gasteiger partial charge in [-0.3, -0.25) is 4.79 Å². The fraction of sp³-hybridized carbons (Fsp3) is 0.267. The first-order valence-corrected chi connectivity index (χ1v) is 6.12. The number of carbonyl (C=O) groups is 1. The summed E-state index contributed by atoms with van der Waals surface area (Å²) in [4.78, 5) is 10.6. The zero-order chi connectivity index (χ0) is 13.8. The van der Waals surface area contributed by atoms with Gasteiger partial charge < -0.3 is 15.6 Å². The van der Waals surface area contributed by atoms with Crippen molar-refractivity contribution in [3.63, 3.8) is 0 Å². The molecular formula is C15H17NO3. The molecule has 0 bridgehead atoms. The Hall–Kier alpha value is -2.07. The SMILES string of the molecule is COc1ccc2cc(CC(N)CC(=O)O)ccc2c1. The molecule has 3 N–H and O–H groups in total. The van der Waals surface area contributed by atoms with E-state index in [1.54, 1.807) is 7.11 Å². The average Bonchev–Trinajstić information content (AvgIpc) is 2.37. The van der Waals surface area contributed by atoms with Gasteiger partial charge in [0.25, 0.3) is 0 Å². The van der Waals surface area contributed by atoms with Gasteiger partial charge in [-0.15, -0.1) is 0 Å². The van der Waals surface area contributed by atoms with Gasteiger partial charge in [0.05, 0.1) is 13.5 Å². The molecule has 2 aromatic carbocycles. The number of hydrogen-bond acceptors (Lipinski definition) is 3. The average molecular weight is 259 g/mol. The summed E-state index contributed by atoms with van der Waals surface area (Å²) in [5.41, 5.74) is 6.84. The second kappa shape index (κ2) is 5.71. The van der Waals surface area contributed by atoms with E-state index in [1.807, 2.05) is 36.4 Å². The van der Waals surface area contributed by atoms with Crippen molar-refractivity contribution >= 4 is 16.7 Å². The molecule has 0 radical (unpaired) electrons. The fourth-order valence-electron chi connectivity index (χ4n) is 2.13. The van der Waals surface area contributed by atoms with Crippen molar-refractivity contribution in [2.75, 3.05) is 7.11 Å². The smallest absolute Gasteiger partial charge is 0.304 e. The predicted molar refractivity (Wildman–Crippen MR) is 74.4 cm³/mol. The first-order chi connectivity index (χ1) is 9.08. The van der Waals surface area contributed by atoms with Gasteiger partial charge in [0, 0.05) is 6.04 Å². The van der Waals surface area contributed by atoms with Crippen LogP contribution in [0.1, 0.15) is 12.0 Å². The number of benzene rings is 2. The molecule has 0 fully saturated rings. The Bertz CT molecular complexity index is 595. The van der Waals surface area contributed by atoms with Crippen LogP contribution in [0.3, 0.4) is 0 Å². The third kappa shape index (κ3) is 3.45. The van der Waals surface area contributed by atoms with Gasteiger partial charge in [0.1, 0.15) is 5.75 Å². The molecule has 0 saturated heterocycles. The van der Waals surface area contributed by atoms with Crippen LogP contribution in [0.25, 0.3) is 10.8 Å². The molecular weight excluding hydrogens is 242 g/mol. The van der Waals surface area contributed by atoms with Crippen LogP contribution < -0.4 is 10.5 Å². The number of aliphatic carboxylic acids is 1. The summed E-state index contributed by atoms with van der Waals surface area (Å²) < 4.78 is 5.18. The molecule has 0 aliphatic rings. The lowest BCUT2D eigenvalue weighted by atomic mass is 10.0. The minimum atomic E-state index is -0.863. The van der Waals surface area contributed by atoms with Crippen LogP contribution in [0.4, 0.5) is 0 Å². The van der Waals surface area contributed by atoms with E-state index in [0.717, 1.165) is 22.1 Å². The Morgan fingerprint density at radius 2 is 1.95 bits per heavy atom. The minimum absolute atomic E-state index is 0.0132. The predicted octanol–water partition coefficient (Wildman–Crippen LogP) is 2.19. The molecule has 4 nitrogen and oxygen atoms in total. The van der Waals surface area contributed by atoms with Crippen LogP contribution in [-0.4, -0.2) is 24.2 Å². The Balaban J connectivity index is 2.19. The highest BCUT2D eigenvalue weighted by Gasteiger charge is 2.09. The van der Waals surface area contributed by atoms with Gasteiger partial charge in [0.15, 0.2) is 0 Å². The lowest BCUT2D eigenvalue weighted by molar-refractivity contribution is -0.137. The quantitative estimate of drug-likeness (QED) is 0.863. The van der Waals surface area contributed by atoms with Gasteiger partial charge in [-0.2, -0.15) is 0 Å². The molecule has 4 heteroatoms. The Kier molecular flexibility index (Phi) is 4.02. The second-order valence-electron chi connectivity index (χ2n) is 4.61. The molecule has 2 rings (SSSR count). The van der Waals surface area contributed by atoms with Crippen molar-refractivity contribution in [3.05, 3.63) is 42.0 Å². The Labute approximate surface area is 111 Å². The molecule has 0 aliphatic heterocycles. The van der Waals surface area contributed by atoms with E-state index in [2.05, 4.69) is 0 Å². The highest BCUT2D eigenvalue weighted by Crippen LogP contribution is 2.22.